The van der Waals surface area contributed by atoms with E-state index >= 15 is 0 Å². The smallest absolute Gasteiger partial charge is 0.135 e. The molecule has 6 heteroatoms. The molecule has 0 radical (unpaired) electrons. The number of hydrogen-bond acceptors (Lipinski definition) is 4. The Balaban J connectivity index is 1.59. The maximum atomic E-state index is 4.48. The van der Waals surface area contributed by atoms with Crippen molar-refractivity contribution in [1.29, 1.82) is 0 Å². The van der Waals surface area contributed by atoms with E-state index in [2.05, 4.69) is 54.2 Å². The van der Waals surface area contributed by atoms with E-state index in [0.29, 0.717) is 5.92 Å². The number of aryl methyl sites for hydroxylation is 1. The Hall–Kier alpha value is -1.95. The van der Waals surface area contributed by atoms with Gasteiger partial charge in [-0.1, -0.05) is 15.9 Å². The average Bonchev–Trinajstić information content (AvgIpc) is 3.00. The molecule has 1 aliphatic heterocycles. The lowest BCUT2D eigenvalue weighted by molar-refractivity contribution is 0.475. The lowest BCUT2D eigenvalue weighted by Gasteiger charge is -2.33. The molecule has 1 aliphatic rings. The van der Waals surface area contributed by atoms with E-state index in [4.69, 9.17) is 0 Å². The van der Waals surface area contributed by atoms with Crippen molar-refractivity contribution in [3.05, 3.63) is 47.1 Å². The molecule has 3 heterocycles. The minimum Gasteiger partial charge on any atom is -0.371 e. The van der Waals surface area contributed by atoms with Crippen LogP contribution in [0, 0.1) is 0 Å². The molecule has 0 atom stereocenters. The van der Waals surface area contributed by atoms with Gasteiger partial charge in [0.15, 0.2) is 0 Å². The van der Waals surface area contributed by atoms with Gasteiger partial charge < -0.3 is 9.47 Å². The van der Waals surface area contributed by atoms with Crippen LogP contribution in [0.2, 0.25) is 0 Å². The molecule has 3 aromatic rings. The van der Waals surface area contributed by atoms with Crippen molar-refractivity contribution >= 4 is 32.5 Å². The van der Waals surface area contributed by atoms with Crippen molar-refractivity contribution in [2.24, 2.45) is 7.05 Å². The number of anilines is 1. The highest BCUT2D eigenvalue weighted by molar-refractivity contribution is 9.10. The molecule has 0 amide bonds. The lowest BCUT2D eigenvalue weighted by atomic mass is 9.95. The van der Waals surface area contributed by atoms with E-state index in [1.54, 1.807) is 6.33 Å². The third-order valence-electron chi connectivity index (χ3n) is 4.63. The minimum absolute atomic E-state index is 0.499. The van der Waals surface area contributed by atoms with Crippen LogP contribution in [0.4, 0.5) is 5.69 Å². The number of fused-ring (bicyclic) bond motifs is 1. The largest absolute Gasteiger partial charge is 0.371 e. The summed E-state index contributed by atoms with van der Waals surface area (Å²) in [5.74, 6) is 1.60. The fourth-order valence-corrected chi connectivity index (χ4v) is 3.78. The molecular formula is C17H18BrN5. The van der Waals surface area contributed by atoms with E-state index in [1.165, 1.54) is 11.1 Å². The second-order valence-corrected chi connectivity index (χ2v) is 6.97. The fraction of sp³-hybridized carbons (Fsp3) is 0.353. The van der Waals surface area contributed by atoms with E-state index < -0.39 is 0 Å². The molecule has 0 spiro atoms. The Morgan fingerprint density at radius 2 is 2.00 bits per heavy atom. The van der Waals surface area contributed by atoms with Crippen molar-refractivity contribution in [3.8, 4) is 0 Å². The van der Waals surface area contributed by atoms with Crippen LogP contribution in [0.15, 0.2) is 41.3 Å². The number of benzene rings is 1. The topological polar surface area (TPSA) is 46.8 Å². The van der Waals surface area contributed by atoms with Crippen LogP contribution in [0.5, 0.6) is 0 Å². The first kappa shape index (κ1) is 14.6. The summed E-state index contributed by atoms with van der Waals surface area (Å²) in [5.41, 5.74) is 2.31. The Labute approximate surface area is 143 Å². The Kier molecular flexibility index (Phi) is 3.77. The molecule has 1 fully saturated rings. The molecule has 1 saturated heterocycles. The highest BCUT2D eigenvalue weighted by Gasteiger charge is 2.24. The van der Waals surface area contributed by atoms with Crippen molar-refractivity contribution in [3.63, 3.8) is 0 Å². The average molecular weight is 372 g/mol. The Morgan fingerprint density at radius 1 is 1.17 bits per heavy atom. The second kappa shape index (κ2) is 5.92. The van der Waals surface area contributed by atoms with Crippen molar-refractivity contribution in [2.75, 3.05) is 18.0 Å². The molecule has 23 heavy (non-hydrogen) atoms. The zero-order valence-electron chi connectivity index (χ0n) is 13.0. The van der Waals surface area contributed by atoms with Gasteiger partial charge in [0.05, 0.1) is 5.52 Å². The zero-order valence-corrected chi connectivity index (χ0v) is 14.6. The molecule has 118 valence electrons. The van der Waals surface area contributed by atoms with Crippen molar-refractivity contribution in [2.45, 2.75) is 18.8 Å². The summed E-state index contributed by atoms with van der Waals surface area (Å²) in [4.78, 5) is 6.94. The molecule has 0 unspecified atom stereocenters. The van der Waals surface area contributed by atoms with Gasteiger partial charge >= 0.3 is 0 Å². The SMILES string of the molecule is Cn1cnnc1C1CCN(c2ccnc3ccc(Br)cc23)CC1. The summed E-state index contributed by atoms with van der Waals surface area (Å²) in [5, 5.41) is 9.50. The van der Waals surface area contributed by atoms with Crippen molar-refractivity contribution < 1.29 is 0 Å². The molecule has 5 nitrogen and oxygen atoms in total. The van der Waals surface area contributed by atoms with Crippen molar-refractivity contribution in [1.82, 2.24) is 19.7 Å². The van der Waals surface area contributed by atoms with Gasteiger partial charge in [-0.3, -0.25) is 4.98 Å². The molecule has 0 bridgehead atoms. The van der Waals surface area contributed by atoms with Crippen LogP contribution in [-0.4, -0.2) is 32.8 Å². The summed E-state index contributed by atoms with van der Waals surface area (Å²) in [6.45, 7) is 2.06. The lowest BCUT2D eigenvalue weighted by Crippen LogP contribution is -2.33. The number of nitrogens with zero attached hydrogens (tertiary/aromatic N) is 5. The van der Waals surface area contributed by atoms with E-state index in [9.17, 15) is 0 Å². The maximum absolute atomic E-state index is 4.48. The number of rotatable bonds is 2. The van der Waals surface area contributed by atoms with Gasteiger partial charge in [-0.2, -0.15) is 0 Å². The zero-order chi connectivity index (χ0) is 15.8. The molecule has 2 aromatic heterocycles. The predicted octanol–water partition coefficient (Wildman–Crippen LogP) is 3.51. The summed E-state index contributed by atoms with van der Waals surface area (Å²) < 4.78 is 3.13. The molecule has 0 N–H and O–H groups in total. The maximum Gasteiger partial charge on any atom is 0.135 e. The fourth-order valence-electron chi connectivity index (χ4n) is 3.42. The molecule has 1 aromatic carbocycles. The van der Waals surface area contributed by atoms with Crippen LogP contribution in [0.1, 0.15) is 24.6 Å². The molecule has 0 aliphatic carbocycles. The number of aromatic nitrogens is 4. The van der Waals surface area contributed by atoms with Gasteiger partial charge in [-0.05, 0) is 37.1 Å². The first-order chi connectivity index (χ1) is 11.2. The summed E-state index contributed by atoms with van der Waals surface area (Å²) in [6, 6.07) is 8.39. The monoisotopic (exact) mass is 371 g/mol. The number of piperidine rings is 1. The van der Waals surface area contributed by atoms with Gasteiger partial charge in [0, 0.05) is 47.8 Å². The van der Waals surface area contributed by atoms with Crippen LogP contribution in [0.3, 0.4) is 0 Å². The third-order valence-corrected chi connectivity index (χ3v) is 5.12. The third kappa shape index (κ3) is 2.72. The highest BCUT2D eigenvalue weighted by Crippen LogP contribution is 2.33. The molecule has 0 saturated carbocycles. The van der Waals surface area contributed by atoms with E-state index in [0.717, 1.165) is 41.7 Å². The normalized spacial score (nSPS) is 16.2. The Morgan fingerprint density at radius 3 is 2.74 bits per heavy atom. The predicted molar refractivity (Wildman–Crippen MR) is 94.6 cm³/mol. The first-order valence-electron chi connectivity index (χ1n) is 7.85. The Bertz CT molecular complexity index is 836. The van der Waals surface area contributed by atoms with Crippen LogP contribution in [0.25, 0.3) is 10.9 Å². The summed E-state index contributed by atoms with van der Waals surface area (Å²) in [7, 11) is 2.02. The van der Waals surface area contributed by atoms with Gasteiger partial charge in [0.1, 0.15) is 12.2 Å². The number of pyridine rings is 1. The van der Waals surface area contributed by atoms with Gasteiger partial charge in [-0.25, -0.2) is 0 Å². The van der Waals surface area contributed by atoms with Gasteiger partial charge in [0.25, 0.3) is 0 Å². The number of hydrogen-bond donors (Lipinski definition) is 0. The van der Waals surface area contributed by atoms with Crippen LogP contribution < -0.4 is 4.90 Å². The second-order valence-electron chi connectivity index (χ2n) is 6.05. The van der Waals surface area contributed by atoms with Crippen LogP contribution >= 0.6 is 15.9 Å². The quantitative estimate of drug-likeness (QED) is 0.691. The summed E-state index contributed by atoms with van der Waals surface area (Å²) in [6.07, 6.45) is 5.89. The number of halogens is 1. The molecular weight excluding hydrogens is 354 g/mol. The van der Waals surface area contributed by atoms with Gasteiger partial charge in [0.2, 0.25) is 0 Å². The standard InChI is InChI=1S/C17H18BrN5/c1-22-11-20-21-17(22)12-5-8-23(9-6-12)16-4-7-19-15-3-2-13(18)10-14(15)16/h2-4,7,10-12H,5-6,8-9H2,1H3. The van der Waals surface area contributed by atoms with E-state index in [1.807, 2.05) is 23.9 Å². The van der Waals surface area contributed by atoms with Crippen LogP contribution in [-0.2, 0) is 7.05 Å². The first-order valence-corrected chi connectivity index (χ1v) is 8.65. The molecule has 4 rings (SSSR count). The summed E-state index contributed by atoms with van der Waals surface area (Å²) >= 11 is 3.57. The van der Waals surface area contributed by atoms with Gasteiger partial charge in [-0.15, -0.1) is 10.2 Å². The van der Waals surface area contributed by atoms with E-state index in [-0.39, 0.29) is 0 Å². The highest BCUT2D eigenvalue weighted by atomic mass is 79.9. The minimum atomic E-state index is 0.499.